The van der Waals surface area contributed by atoms with Gasteiger partial charge >= 0.3 is 5.97 Å². The highest BCUT2D eigenvalue weighted by atomic mass is 17.0. The third-order valence-electron chi connectivity index (χ3n) is 3.91. The third-order valence-corrected chi connectivity index (χ3v) is 3.91. The number of rotatable bonds is 10. The number of carboxylic acids is 1. The van der Waals surface area contributed by atoms with Gasteiger partial charge in [-0.1, -0.05) is 0 Å². The summed E-state index contributed by atoms with van der Waals surface area (Å²) >= 11 is 0. The summed E-state index contributed by atoms with van der Waals surface area (Å²) in [6.45, 7) is -0.602. The molecule has 11 heteroatoms. The molecule has 0 spiro atoms. The minimum absolute atomic E-state index is 0.179. The first-order valence-corrected chi connectivity index (χ1v) is 6.17. The number of aliphatic carboxylic acids is 1. The van der Waals surface area contributed by atoms with Crippen LogP contribution in [0.1, 0.15) is 19.3 Å². The average molecular weight is 306 g/mol. The van der Waals surface area contributed by atoms with Crippen molar-refractivity contribution in [3.8, 4) is 0 Å². The fourth-order valence-corrected chi connectivity index (χ4v) is 3.16. The third kappa shape index (κ3) is 3.12. The summed E-state index contributed by atoms with van der Waals surface area (Å²) in [7, 11) is 0. The molecule has 11 nitrogen and oxygen atoms in total. The zero-order valence-electron chi connectivity index (χ0n) is 10.9. The van der Waals surface area contributed by atoms with Gasteiger partial charge < -0.3 is 19.5 Å². The van der Waals surface area contributed by atoms with Gasteiger partial charge in [-0.25, -0.2) is 0 Å². The molecule has 3 saturated carbocycles. The summed E-state index contributed by atoms with van der Waals surface area (Å²) in [6, 6.07) is 0. The first-order chi connectivity index (χ1) is 9.77. The Morgan fingerprint density at radius 3 is 2.29 bits per heavy atom. The van der Waals surface area contributed by atoms with Crippen LogP contribution in [-0.2, 0) is 19.2 Å². The molecule has 0 saturated heterocycles. The number of hydrogen-bond acceptors (Lipinski definition) is 8. The predicted octanol–water partition coefficient (Wildman–Crippen LogP) is 0.0431. The van der Waals surface area contributed by atoms with E-state index in [-0.39, 0.29) is 18.6 Å². The van der Waals surface area contributed by atoms with Crippen LogP contribution in [0.25, 0.3) is 0 Å². The molecule has 0 heterocycles. The zero-order valence-corrected chi connectivity index (χ0v) is 10.9. The molecule has 3 fully saturated rings. The molecule has 118 valence electrons. The lowest BCUT2D eigenvalue weighted by Gasteiger charge is -2.68. The maximum atomic E-state index is 10.9. The van der Waals surface area contributed by atoms with Crippen LogP contribution in [0.3, 0.4) is 0 Å². The van der Waals surface area contributed by atoms with E-state index in [0.29, 0.717) is 19.3 Å². The van der Waals surface area contributed by atoms with E-state index in [4.69, 9.17) is 9.84 Å². The predicted molar refractivity (Wildman–Crippen MR) is 62.0 cm³/mol. The smallest absolute Gasteiger partial charge is 0.309 e. The molecule has 1 N–H and O–H groups in total. The number of carboxylic acid groups (broad SMARTS) is 1. The van der Waals surface area contributed by atoms with Gasteiger partial charge in [-0.05, 0) is 24.7 Å². The number of hydrogen-bond donors (Lipinski definition) is 1. The van der Waals surface area contributed by atoms with E-state index in [2.05, 4.69) is 9.68 Å². The quantitative estimate of drug-likeness (QED) is 0.435. The lowest BCUT2D eigenvalue weighted by Crippen LogP contribution is -2.67. The summed E-state index contributed by atoms with van der Waals surface area (Å²) in [6.07, 6.45) is 0.385. The van der Waals surface area contributed by atoms with Gasteiger partial charge in [0.2, 0.25) is 0 Å². The molecule has 21 heavy (non-hydrogen) atoms. The van der Waals surface area contributed by atoms with Gasteiger partial charge in [0, 0.05) is 0 Å². The van der Waals surface area contributed by atoms with E-state index in [1.165, 1.54) is 0 Å². The summed E-state index contributed by atoms with van der Waals surface area (Å²) in [5, 5.41) is 27.1. The van der Waals surface area contributed by atoms with Crippen molar-refractivity contribution in [3.63, 3.8) is 0 Å². The topological polar surface area (TPSA) is 151 Å². The van der Waals surface area contributed by atoms with E-state index < -0.39 is 34.3 Å². The first-order valence-electron chi connectivity index (χ1n) is 6.17. The van der Waals surface area contributed by atoms with E-state index in [0.717, 1.165) is 0 Å². The highest BCUT2D eigenvalue weighted by molar-refractivity contribution is 5.79. The summed E-state index contributed by atoms with van der Waals surface area (Å²) in [4.78, 5) is 39.4. The van der Waals surface area contributed by atoms with Crippen LogP contribution in [-0.4, -0.2) is 47.2 Å². The second kappa shape index (κ2) is 5.31. The Balaban J connectivity index is 1.69. The fraction of sp³-hybridized carbons (Fsp3) is 0.900. The molecule has 1 unspecified atom stereocenters. The summed E-state index contributed by atoms with van der Waals surface area (Å²) < 4.78 is 5.27. The van der Waals surface area contributed by atoms with Crippen LogP contribution >= 0.6 is 0 Å². The van der Waals surface area contributed by atoms with Crippen LogP contribution < -0.4 is 0 Å². The highest BCUT2D eigenvalue weighted by Gasteiger charge is 2.71. The van der Waals surface area contributed by atoms with Crippen molar-refractivity contribution in [2.75, 3.05) is 19.8 Å². The van der Waals surface area contributed by atoms with Gasteiger partial charge in [-0.2, -0.15) is 0 Å². The van der Waals surface area contributed by atoms with Gasteiger partial charge in [0.25, 0.3) is 10.2 Å². The molecule has 0 radical (unpaired) electrons. The van der Waals surface area contributed by atoms with E-state index in [1.807, 2.05) is 0 Å². The van der Waals surface area contributed by atoms with Crippen LogP contribution in [0.4, 0.5) is 0 Å². The molecule has 2 bridgehead atoms. The SMILES string of the molecule is O=C(O)C12CC(COCC(CO[N+](=O)[O-])O[N+](=O)[O-])(C1)C2. The van der Waals surface area contributed by atoms with Crippen LogP contribution in [0.2, 0.25) is 0 Å². The fourth-order valence-electron chi connectivity index (χ4n) is 3.16. The lowest BCUT2D eigenvalue weighted by molar-refractivity contribution is -0.790. The maximum Gasteiger partial charge on any atom is 0.309 e. The lowest BCUT2D eigenvalue weighted by atomic mass is 9.35. The monoisotopic (exact) mass is 306 g/mol. The van der Waals surface area contributed by atoms with Gasteiger partial charge in [0.1, 0.15) is 6.61 Å². The second-order valence-electron chi connectivity index (χ2n) is 5.60. The van der Waals surface area contributed by atoms with E-state index in [1.54, 1.807) is 0 Å². The van der Waals surface area contributed by atoms with E-state index >= 15 is 0 Å². The van der Waals surface area contributed by atoms with Crippen molar-refractivity contribution in [2.24, 2.45) is 10.8 Å². The summed E-state index contributed by atoms with van der Waals surface area (Å²) in [5.74, 6) is -0.807. The second-order valence-corrected chi connectivity index (χ2v) is 5.60. The molecule has 0 aromatic carbocycles. The Kier molecular flexibility index (Phi) is 3.85. The van der Waals surface area contributed by atoms with Gasteiger partial charge in [0.05, 0.1) is 18.6 Å². The molecule has 3 aliphatic carbocycles. The van der Waals surface area contributed by atoms with Crippen LogP contribution in [0, 0.1) is 31.1 Å². The Hall–Kier alpha value is -2.17. The maximum absolute atomic E-state index is 10.9. The molecule has 1 atom stereocenters. The molecular formula is C10H14N2O9. The molecule has 0 amide bonds. The van der Waals surface area contributed by atoms with Crippen LogP contribution in [0.15, 0.2) is 0 Å². The molecule has 3 rings (SSSR count). The molecular weight excluding hydrogens is 292 g/mol. The Morgan fingerprint density at radius 2 is 1.81 bits per heavy atom. The number of carbonyl (C=O) groups is 1. The largest absolute Gasteiger partial charge is 0.481 e. The molecule has 0 aromatic rings. The van der Waals surface area contributed by atoms with Crippen molar-refractivity contribution >= 4 is 5.97 Å². The van der Waals surface area contributed by atoms with Crippen molar-refractivity contribution < 1.29 is 34.5 Å². The van der Waals surface area contributed by atoms with Crippen molar-refractivity contribution in [1.29, 1.82) is 0 Å². The normalized spacial score (nSPS) is 30.5. The molecule has 0 aromatic heterocycles. The van der Waals surface area contributed by atoms with Crippen molar-refractivity contribution in [2.45, 2.75) is 25.4 Å². The van der Waals surface area contributed by atoms with E-state index in [9.17, 15) is 25.0 Å². The summed E-state index contributed by atoms with van der Waals surface area (Å²) in [5.41, 5.74) is -0.795. The van der Waals surface area contributed by atoms with Gasteiger partial charge in [-0.15, -0.1) is 20.2 Å². The number of ether oxygens (including phenoxy) is 1. The molecule has 3 aliphatic rings. The van der Waals surface area contributed by atoms with Crippen molar-refractivity contribution in [1.82, 2.24) is 0 Å². The van der Waals surface area contributed by atoms with Gasteiger partial charge in [-0.3, -0.25) is 4.79 Å². The highest BCUT2D eigenvalue weighted by Crippen LogP contribution is 2.73. The minimum atomic E-state index is -1.20. The Labute approximate surface area is 118 Å². The van der Waals surface area contributed by atoms with Crippen LogP contribution in [0.5, 0.6) is 0 Å². The Bertz CT molecular complexity index is 446. The Morgan fingerprint density at radius 1 is 1.19 bits per heavy atom. The van der Waals surface area contributed by atoms with Gasteiger partial charge in [0.15, 0.2) is 6.10 Å². The minimum Gasteiger partial charge on any atom is -0.481 e. The number of nitrogens with zero attached hydrogens (tertiary/aromatic N) is 2. The zero-order chi connectivity index (χ0) is 15.7. The first kappa shape index (κ1) is 15.2. The van der Waals surface area contributed by atoms with Crippen molar-refractivity contribution in [3.05, 3.63) is 20.2 Å². The standard InChI is InChI=1S/C10H14N2O9/c13-8(14)10-3-9(4-10,5-10)6-19-1-7(21-12(17)18)2-20-11(15)16/h7H,1-6H2,(H,13,14). The molecule has 0 aliphatic heterocycles. The average Bonchev–Trinajstić information content (AvgIpc) is 2.25.